The molecular weight excluding hydrogens is 839 g/mol. The molecule has 0 aliphatic rings. The van der Waals surface area contributed by atoms with Crippen molar-refractivity contribution in [2.75, 3.05) is 47.5 Å². The van der Waals surface area contributed by atoms with E-state index in [1.54, 1.807) is 0 Å². The van der Waals surface area contributed by atoms with Crippen molar-refractivity contribution in [3.63, 3.8) is 0 Å². The Morgan fingerprint density at radius 3 is 1.27 bits per heavy atom. The van der Waals surface area contributed by atoms with Gasteiger partial charge in [0.15, 0.2) is 6.10 Å². The Hall–Kier alpha value is -2.75. The second-order valence-electron chi connectivity index (χ2n) is 19.9. The lowest BCUT2D eigenvalue weighted by molar-refractivity contribution is -0.870. The van der Waals surface area contributed by atoms with Gasteiger partial charge in [0.05, 0.1) is 34.4 Å². The van der Waals surface area contributed by atoms with Crippen LogP contribution in [0.4, 0.5) is 0 Å². The first kappa shape index (κ1) is 64.2. The Morgan fingerprint density at radius 2 is 0.851 bits per heavy atom. The van der Waals surface area contributed by atoms with E-state index in [-0.39, 0.29) is 32.2 Å². The van der Waals surface area contributed by atoms with Crippen molar-refractivity contribution in [1.82, 2.24) is 0 Å². The Labute approximate surface area is 412 Å². The number of hydrogen-bond acceptors (Lipinski definition) is 7. The predicted molar refractivity (Wildman–Crippen MR) is 281 cm³/mol. The molecule has 0 aliphatic carbocycles. The number of quaternary nitrogens is 1. The van der Waals surface area contributed by atoms with E-state index in [9.17, 15) is 19.5 Å². The van der Waals surface area contributed by atoms with Crippen LogP contribution in [0.5, 0.6) is 0 Å². The van der Waals surface area contributed by atoms with Crippen LogP contribution in [0.1, 0.15) is 245 Å². The molecule has 0 amide bonds. The van der Waals surface area contributed by atoms with Gasteiger partial charge in [-0.2, -0.15) is 0 Å². The van der Waals surface area contributed by atoms with Crippen LogP contribution in [0.25, 0.3) is 0 Å². The molecule has 2 atom stereocenters. The summed E-state index contributed by atoms with van der Waals surface area (Å²) < 4.78 is 22.9. The molecule has 0 aromatic rings. The third kappa shape index (κ3) is 50.9. The van der Waals surface area contributed by atoms with Crippen LogP contribution in [0.15, 0.2) is 48.6 Å². The molecule has 0 bridgehead atoms. The Morgan fingerprint density at radius 1 is 0.463 bits per heavy atom. The van der Waals surface area contributed by atoms with Crippen molar-refractivity contribution >= 4 is 17.9 Å². The number of hydrogen-bond donors (Lipinski definition) is 1. The van der Waals surface area contributed by atoms with Crippen molar-refractivity contribution in [3.05, 3.63) is 48.6 Å². The van der Waals surface area contributed by atoms with Crippen LogP contribution in [0, 0.1) is 0 Å². The fourth-order valence-corrected chi connectivity index (χ4v) is 7.83. The number of carbonyl (C=O) groups is 3. The fraction of sp³-hybridized carbons (Fsp3) is 0.810. The number of nitrogens with zero attached hydrogens (tertiary/aromatic N) is 1. The van der Waals surface area contributed by atoms with Gasteiger partial charge in [-0.25, -0.2) is 4.79 Å². The first-order valence-corrected chi connectivity index (χ1v) is 27.8. The standard InChI is InChI=1S/C58H105NO8/c1-6-8-10-12-14-16-18-20-22-24-25-26-27-28-29-30-31-33-35-37-39-41-43-45-47-49-56(61)67-54(53-66-58(57(62)63)64-51-50-59(3,4)5)52-65-55(60)48-46-44-42-40-38-36-34-32-23-21-19-17-15-13-11-9-7-2/h8,10,14,16,20,22,25-26,54,58H,6-7,9,11-13,15,17-19,21,23-24,27-53H2,1-5H3/p+1/b10-8-,16-14-,22-20-,26-25-. The molecule has 0 rings (SSSR count). The maximum Gasteiger partial charge on any atom is 0.361 e. The molecular formula is C58H106NO8+. The summed E-state index contributed by atoms with van der Waals surface area (Å²) in [6, 6.07) is 0. The molecule has 0 saturated heterocycles. The lowest BCUT2D eigenvalue weighted by Crippen LogP contribution is -2.40. The average molecular weight is 945 g/mol. The Kier molecular flexibility index (Phi) is 47.6. The number of carboxylic acid groups (broad SMARTS) is 1. The molecule has 0 aliphatic heterocycles. The van der Waals surface area contributed by atoms with E-state index in [0.29, 0.717) is 17.4 Å². The van der Waals surface area contributed by atoms with E-state index >= 15 is 0 Å². The lowest BCUT2D eigenvalue weighted by Gasteiger charge is -2.25. The Bertz CT molecular complexity index is 1240. The number of aliphatic carboxylic acids is 1. The predicted octanol–water partition coefficient (Wildman–Crippen LogP) is 15.9. The minimum atomic E-state index is -1.51. The first-order valence-electron chi connectivity index (χ1n) is 27.8. The monoisotopic (exact) mass is 945 g/mol. The highest BCUT2D eigenvalue weighted by molar-refractivity contribution is 5.71. The van der Waals surface area contributed by atoms with Gasteiger partial charge in [0, 0.05) is 12.8 Å². The van der Waals surface area contributed by atoms with Gasteiger partial charge in [0.25, 0.3) is 6.29 Å². The van der Waals surface area contributed by atoms with E-state index in [2.05, 4.69) is 62.5 Å². The number of ether oxygens (including phenoxy) is 4. The molecule has 390 valence electrons. The second kappa shape index (κ2) is 49.7. The van der Waals surface area contributed by atoms with Gasteiger partial charge in [-0.3, -0.25) is 9.59 Å². The topological polar surface area (TPSA) is 108 Å². The lowest BCUT2D eigenvalue weighted by atomic mass is 10.0. The molecule has 0 fully saturated rings. The summed E-state index contributed by atoms with van der Waals surface area (Å²) in [5.74, 6) is -2.00. The van der Waals surface area contributed by atoms with Crippen LogP contribution < -0.4 is 0 Å². The van der Waals surface area contributed by atoms with Crippen LogP contribution in [-0.4, -0.2) is 87.4 Å². The zero-order chi connectivity index (χ0) is 49.2. The van der Waals surface area contributed by atoms with Crippen molar-refractivity contribution < 1.29 is 42.9 Å². The van der Waals surface area contributed by atoms with Crippen molar-refractivity contribution in [2.24, 2.45) is 0 Å². The second-order valence-corrected chi connectivity index (χ2v) is 19.9. The molecule has 0 aromatic heterocycles. The number of likely N-dealkylation sites (N-methyl/N-ethyl adjacent to an activating group) is 1. The summed E-state index contributed by atoms with van der Waals surface area (Å²) in [4.78, 5) is 37.4. The minimum Gasteiger partial charge on any atom is -0.477 e. The van der Waals surface area contributed by atoms with E-state index < -0.39 is 24.3 Å². The molecule has 0 saturated carbocycles. The zero-order valence-corrected chi connectivity index (χ0v) is 44.3. The van der Waals surface area contributed by atoms with Crippen LogP contribution in [0.3, 0.4) is 0 Å². The molecule has 9 nitrogen and oxygen atoms in total. The van der Waals surface area contributed by atoms with E-state index in [0.717, 1.165) is 64.2 Å². The van der Waals surface area contributed by atoms with Crippen molar-refractivity contribution in [1.29, 1.82) is 0 Å². The van der Waals surface area contributed by atoms with E-state index in [1.807, 2.05) is 21.1 Å². The van der Waals surface area contributed by atoms with Gasteiger partial charge in [0.1, 0.15) is 13.2 Å². The quantitative estimate of drug-likeness (QED) is 0.0211. The molecule has 0 spiro atoms. The molecule has 1 N–H and O–H groups in total. The number of unbranched alkanes of at least 4 members (excludes halogenated alkanes) is 28. The summed E-state index contributed by atoms with van der Waals surface area (Å²) in [6.07, 6.45) is 57.5. The summed E-state index contributed by atoms with van der Waals surface area (Å²) in [5, 5.41) is 9.69. The van der Waals surface area contributed by atoms with E-state index in [4.69, 9.17) is 18.9 Å². The third-order valence-electron chi connectivity index (χ3n) is 12.1. The summed E-state index contributed by atoms with van der Waals surface area (Å²) in [6.45, 7) is 4.79. The summed E-state index contributed by atoms with van der Waals surface area (Å²) >= 11 is 0. The molecule has 2 unspecified atom stereocenters. The van der Waals surface area contributed by atoms with Gasteiger partial charge in [0.2, 0.25) is 0 Å². The highest BCUT2D eigenvalue weighted by Crippen LogP contribution is 2.16. The molecule has 9 heteroatoms. The Balaban J connectivity index is 4.25. The van der Waals surface area contributed by atoms with Gasteiger partial charge in [-0.05, 0) is 51.4 Å². The third-order valence-corrected chi connectivity index (χ3v) is 12.1. The maximum atomic E-state index is 12.9. The van der Waals surface area contributed by atoms with Crippen LogP contribution in [0.2, 0.25) is 0 Å². The van der Waals surface area contributed by atoms with Crippen molar-refractivity contribution in [3.8, 4) is 0 Å². The smallest absolute Gasteiger partial charge is 0.361 e. The zero-order valence-electron chi connectivity index (χ0n) is 44.3. The number of esters is 2. The summed E-state index contributed by atoms with van der Waals surface area (Å²) in [7, 11) is 5.97. The van der Waals surface area contributed by atoms with Gasteiger partial charge >= 0.3 is 17.9 Å². The molecule has 0 heterocycles. The number of rotatable bonds is 51. The SMILES string of the molecule is CC/C=C\C/C=C\C/C=C\C/C=C\CCCCCCCCCCCCCCC(=O)OC(COC(=O)CCCCCCCCCCCCCCCCCCC)COC(OCC[N+](C)(C)C)C(=O)O. The highest BCUT2D eigenvalue weighted by Gasteiger charge is 2.25. The van der Waals surface area contributed by atoms with Gasteiger partial charge < -0.3 is 28.5 Å². The highest BCUT2D eigenvalue weighted by atomic mass is 16.7. The number of carboxylic acids is 1. The van der Waals surface area contributed by atoms with E-state index in [1.165, 1.54) is 154 Å². The molecule has 67 heavy (non-hydrogen) atoms. The molecule has 0 radical (unpaired) electrons. The van der Waals surface area contributed by atoms with Gasteiger partial charge in [-0.15, -0.1) is 0 Å². The fourth-order valence-electron chi connectivity index (χ4n) is 7.83. The molecule has 0 aromatic carbocycles. The van der Waals surface area contributed by atoms with Crippen molar-refractivity contribution in [2.45, 2.75) is 257 Å². The van der Waals surface area contributed by atoms with Crippen LogP contribution in [-0.2, 0) is 33.3 Å². The first-order chi connectivity index (χ1) is 32.6. The minimum absolute atomic E-state index is 0.180. The normalized spacial score (nSPS) is 13.1. The maximum absolute atomic E-state index is 12.9. The summed E-state index contributed by atoms with van der Waals surface area (Å²) in [5.41, 5.74) is 0. The average Bonchev–Trinajstić information content (AvgIpc) is 3.29. The largest absolute Gasteiger partial charge is 0.477 e. The number of carbonyl (C=O) groups excluding carboxylic acids is 2. The number of allylic oxidation sites excluding steroid dienone is 8. The van der Waals surface area contributed by atoms with Crippen LogP contribution >= 0.6 is 0 Å². The van der Waals surface area contributed by atoms with Gasteiger partial charge in [-0.1, -0.05) is 229 Å².